The lowest BCUT2D eigenvalue weighted by molar-refractivity contribution is 0.321. The number of hydrogen-bond acceptors (Lipinski definition) is 3. The first-order valence-electron chi connectivity index (χ1n) is 5.26. The van der Waals surface area contributed by atoms with Crippen LogP contribution in [0.5, 0.6) is 5.75 Å². The summed E-state index contributed by atoms with van der Waals surface area (Å²) in [6.07, 6.45) is 0.928. The largest absolute Gasteiger partial charge is 0.491 e. The second-order valence-electron chi connectivity index (χ2n) is 3.72. The van der Waals surface area contributed by atoms with Crippen LogP contribution >= 0.6 is 11.3 Å². The number of anilines is 1. The third-order valence-corrected chi connectivity index (χ3v) is 3.19. The van der Waals surface area contributed by atoms with Crippen LogP contribution in [0.15, 0.2) is 35.0 Å². The Hall–Kier alpha value is -1.48. The fourth-order valence-electron chi connectivity index (χ4n) is 1.58. The maximum Gasteiger partial charge on any atom is 0.145 e. The maximum atomic E-state index is 5.86. The molecule has 0 radical (unpaired) electrons. The number of benzene rings is 1. The third kappa shape index (κ3) is 2.55. The Labute approximate surface area is 99.7 Å². The summed E-state index contributed by atoms with van der Waals surface area (Å²) in [5, 5.41) is 4.22. The SMILES string of the molecule is Cc1cccc(N)c1OCCc1ccsc1. The zero-order chi connectivity index (χ0) is 11.4. The summed E-state index contributed by atoms with van der Waals surface area (Å²) in [5.74, 6) is 0.817. The van der Waals surface area contributed by atoms with E-state index in [1.807, 2.05) is 25.1 Å². The lowest BCUT2D eigenvalue weighted by Gasteiger charge is -2.10. The first-order chi connectivity index (χ1) is 7.77. The quantitative estimate of drug-likeness (QED) is 0.823. The van der Waals surface area contributed by atoms with Crippen molar-refractivity contribution in [1.82, 2.24) is 0 Å². The average Bonchev–Trinajstić information content (AvgIpc) is 2.75. The molecule has 0 amide bonds. The van der Waals surface area contributed by atoms with Gasteiger partial charge in [-0.2, -0.15) is 11.3 Å². The molecule has 1 heterocycles. The zero-order valence-electron chi connectivity index (χ0n) is 9.27. The molecule has 16 heavy (non-hydrogen) atoms. The Kier molecular flexibility index (Phi) is 3.47. The molecule has 0 fully saturated rings. The zero-order valence-corrected chi connectivity index (χ0v) is 10.1. The molecule has 0 aliphatic heterocycles. The summed E-state index contributed by atoms with van der Waals surface area (Å²) in [5.41, 5.74) is 8.98. The second-order valence-corrected chi connectivity index (χ2v) is 4.50. The summed E-state index contributed by atoms with van der Waals surface area (Å²) in [6.45, 7) is 2.68. The number of thiophene rings is 1. The van der Waals surface area contributed by atoms with Gasteiger partial charge in [0.15, 0.2) is 0 Å². The van der Waals surface area contributed by atoms with Crippen LogP contribution in [-0.2, 0) is 6.42 Å². The minimum absolute atomic E-state index is 0.672. The van der Waals surface area contributed by atoms with Crippen molar-refractivity contribution in [2.24, 2.45) is 0 Å². The van der Waals surface area contributed by atoms with Gasteiger partial charge in [-0.25, -0.2) is 0 Å². The van der Waals surface area contributed by atoms with Crippen molar-refractivity contribution in [3.63, 3.8) is 0 Å². The van der Waals surface area contributed by atoms with Crippen LogP contribution in [0.2, 0.25) is 0 Å². The highest BCUT2D eigenvalue weighted by Gasteiger charge is 2.03. The van der Waals surface area contributed by atoms with Crippen molar-refractivity contribution in [1.29, 1.82) is 0 Å². The van der Waals surface area contributed by atoms with Crippen molar-refractivity contribution in [3.05, 3.63) is 46.2 Å². The minimum Gasteiger partial charge on any atom is -0.491 e. The highest BCUT2D eigenvalue weighted by Crippen LogP contribution is 2.25. The number of rotatable bonds is 4. The average molecular weight is 233 g/mol. The van der Waals surface area contributed by atoms with Crippen molar-refractivity contribution in [3.8, 4) is 5.75 Å². The van der Waals surface area contributed by atoms with Crippen LogP contribution in [0.3, 0.4) is 0 Å². The number of hydrogen-bond donors (Lipinski definition) is 1. The van der Waals surface area contributed by atoms with Gasteiger partial charge < -0.3 is 10.5 Å². The first kappa shape index (κ1) is 11.0. The van der Waals surface area contributed by atoms with E-state index in [9.17, 15) is 0 Å². The van der Waals surface area contributed by atoms with Gasteiger partial charge in [-0.3, -0.25) is 0 Å². The molecule has 0 atom stereocenters. The monoisotopic (exact) mass is 233 g/mol. The fraction of sp³-hybridized carbons (Fsp3) is 0.231. The van der Waals surface area contributed by atoms with Crippen LogP contribution in [0.4, 0.5) is 5.69 Å². The molecule has 0 unspecified atom stereocenters. The molecule has 0 aliphatic rings. The number of ether oxygens (including phenoxy) is 1. The molecule has 1 aromatic heterocycles. The van der Waals surface area contributed by atoms with Crippen molar-refractivity contribution < 1.29 is 4.74 Å². The molecular formula is C13H15NOS. The van der Waals surface area contributed by atoms with Gasteiger partial charge in [0.25, 0.3) is 0 Å². The van der Waals surface area contributed by atoms with Crippen molar-refractivity contribution in [2.75, 3.05) is 12.3 Å². The summed E-state index contributed by atoms with van der Waals surface area (Å²) < 4.78 is 5.72. The molecule has 2 N–H and O–H groups in total. The number of aryl methyl sites for hydroxylation is 1. The Morgan fingerprint density at radius 1 is 1.31 bits per heavy atom. The van der Waals surface area contributed by atoms with Crippen molar-refractivity contribution in [2.45, 2.75) is 13.3 Å². The fourth-order valence-corrected chi connectivity index (χ4v) is 2.28. The van der Waals surface area contributed by atoms with Crippen LogP contribution in [0, 0.1) is 6.92 Å². The highest BCUT2D eigenvalue weighted by atomic mass is 32.1. The molecule has 1 aromatic carbocycles. The van der Waals surface area contributed by atoms with Gasteiger partial charge >= 0.3 is 0 Å². The van der Waals surface area contributed by atoms with E-state index in [0.717, 1.165) is 17.7 Å². The van der Waals surface area contributed by atoms with E-state index >= 15 is 0 Å². The standard InChI is InChI=1S/C13H15NOS/c1-10-3-2-4-12(14)13(10)15-7-5-11-6-8-16-9-11/h2-4,6,8-9H,5,7,14H2,1H3. The number of para-hydroxylation sites is 1. The van der Waals surface area contributed by atoms with E-state index in [4.69, 9.17) is 10.5 Å². The van der Waals surface area contributed by atoms with E-state index in [1.54, 1.807) is 11.3 Å². The lowest BCUT2D eigenvalue weighted by Crippen LogP contribution is -2.04. The summed E-state index contributed by atoms with van der Waals surface area (Å²) >= 11 is 1.71. The molecule has 0 spiro atoms. The van der Waals surface area contributed by atoms with E-state index in [-0.39, 0.29) is 0 Å². The lowest BCUT2D eigenvalue weighted by atomic mass is 10.2. The Morgan fingerprint density at radius 3 is 2.88 bits per heavy atom. The highest BCUT2D eigenvalue weighted by molar-refractivity contribution is 7.07. The van der Waals surface area contributed by atoms with Crippen LogP contribution < -0.4 is 10.5 Å². The Bertz CT molecular complexity index is 431. The van der Waals surface area contributed by atoms with Gasteiger partial charge in [0, 0.05) is 6.42 Å². The van der Waals surface area contributed by atoms with Gasteiger partial charge in [0.2, 0.25) is 0 Å². The number of nitrogens with two attached hydrogens (primary N) is 1. The normalized spacial score (nSPS) is 10.3. The predicted octanol–water partition coefficient (Wildman–Crippen LogP) is 3.26. The third-order valence-electron chi connectivity index (χ3n) is 2.46. The van der Waals surface area contributed by atoms with Crippen LogP contribution in [-0.4, -0.2) is 6.61 Å². The van der Waals surface area contributed by atoms with Gasteiger partial charge in [-0.15, -0.1) is 0 Å². The molecule has 2 rings (SSSR count). The smallest absolute Gasteiger partial charge is 0.145 e. The topological polar surface area (TPSA) is 35.2 Å². The van der Waals surface area contributed by atoms with E-state index in [1.165, 1.54) is 5.56 Å². The Balaban J connectivity index is 1.95. The minimum atomic E-state index is 0.672. The molecule has 0 saturated carbocycles. The summed E-state index contributed by atoms with van der Waals surface area (Å²) in [6, 6.07) is 7.94. The maximum absolute atomic E-state index is 5.86. The van der Waals surface area contributed by atoms with Gasteiger partial charge in [0.05, 0.1) is 12.3 Å². The van der Waals surface area contributed by atoms with Gasteiger partial charge in [0.1, 0.15) is 5.75 Å². The Morgan fingerprint density at radius 2 is 2.19 bits per heavy atom. The summed E-state index contributed by atoms with van der Waals surface area (Å²) in [7, 11) is 0. The van der Waals surface area contributed by atoms with Gasteiger partial charge in [-0.1, -0.05) is 12.1 Å². The second kappa shape index (κ2) is 5.03. The van der Waals surface area contributed by atoms with Crippen LogP contribution in [0.25, 0.3) is 0 Å². The molecule has 0 aliphatic carbocycles. The molecule has 84 valence electrons. The summed E-state index contributed by atoms with van der Waals surface area (Å²) in [4.78, 5) is 0. The predicted molar refractivity (Wildman–Crippen MR) is 69.1 cm³/mol. The number of nitrogen functional groups attached to an aromatic ring is 1. The van der Waals surface area contributed by atoms with E-state index in [2.05, 4.69) is 16.8 Å². The molecule has 0 saturated heterocycles. The molecule has 2 nitrogen and oxygen atoms in total. The van der Waals surface area contributed by atoms with Gasteiger partial charge in [-0.05, 0) is 40.9 Å². The van der Waals surface area contributed by atoms with E-state index in [0.29, 0.717) is 12.3 Å². The molecule has 2 aromatic rings. The first-order valence-corrected chi connectivity index (χ1v) is 6.20. The van der Waals surface area contributed by atoms with E-state index < -0.39 is 0 Å². The van der Waals surface area contributed by atoms with Crippen LogP contribution in [0.1, 0.15) is 11.1 Å². The molecule has 0 bridgehead atoms. The molecular weight excluding hydrogens is 218 g/mol. The molecule has 3 heteroatoms. The van der Waals surface area contributed by atoms with Crippen molar-refractivity contribution >= 4 is 17.0 Å².